The third kappa shape index (κ3) is 5.51. The summed E-state index contributed by atoms with van der Waals surface area (Å²) in [7, 11) is 0. The normalized spacial score (nSPS) is 9.95. The van der Waals surface area contributed by atoms with E-state index in [1.807, 2.05) is 36.4 Å². The summed E-state index contributed by atoms with van der Waals surface area (Å²) in [4.78, 5) is 2.11. The molecule has 0 aliphatic heterocycles. The molecular formula is C18H18N2S2. The van der Waals surface area contributed by atoms with E-state index in [0.29, 0.717) is 13.0 Å². The molecule has 0 aliphatic carbocycles. The van der Waals surface area contributed by atoms with Gasteiger partial charge in [-0.15, -0.1) is 0 Å². The number of nitrogens with zero attached hydrogens (tertiary/aromatic N) is 2. The van der Waals surface area contributed by atoms with Crippen LogP contribution in [0, 0.1) is 11.3 Å². The fraction of sp³-hybridized carbons (Fsp3) is 0.222. The summed E-state index contributed by atoms with van der Waals surface area (Å²) >= 11 is 7.22. The van der Waals surface area contributed by atoms with E-state index in [1.54, 1.807) is 11.8 Å². The van der Waals surface area contributed by atoms with Crippen LogP contribution in [0.2, 0.25) is 0 Å². The van der Waals surface area contributed by atoms with Gasteiger partial charge in [0.15, 0.2) is 0 Å². The van der Waals surface area contributed by atoms with Crippen LogP contribution < -0.4 is 0 Å². The zero-order chi connectivity index (χ0) is 15.6. The number of thiocarbonyl (C=S) groups is 1. The topological polar surface area (TPSA) is 27.0 Å². The summed E-state index contributed by atoms with van der Waals surface area (Å²) < 4.78 is 0.850. The Hall–Kier alpha value is -1.83. The van der Waals surface area contributed by atoms with Gasteiger partial charge >= 0.3 is 0 Å². The number of nitriles is 1. The van der Waals surface area contributed by atoms with Gasteiger partial charge in [-0.2, -0.15) is 5.26 Å². The van der Waals surface area contributed by atoms with Gasteiger partial charge in [0.2, 0.25) is 0 Å². The zero-order valence-electron chi connectivity index (χ0n) is 12.3. The Morgan fingerprint density at radius 3 is 2.18 bits per heavy atom. The van der Waals surface area contributed by atoms with Crippen molar-refractivity contribution < 1.29 is 0 Å². The molecule has 0 fully saturated rings. The summed E-state index contributed by atoms with van der Waals surface area (Å²) in [5, 5.41) is 8.84. The van der Waals surface area contributed by atoms with E-state index in [4.69, 9.17) is 17.5 Å². The SMILES string of the molecule is N#CCCN(Cc1ccccc1)C(=S)SCc1ccccc1. The van der Waals surface area contributed by atoms with E-state index in [0.717, 1.165) is 16.6 Å². The molecule has 0 aromatic heterocycles. The Bertz CT molecular complexity index is 621. The van der Waals surface area contributed by atoms with Crippen molar-refractivity contribution in [3.63, 3.8) is 0 Å². The lowest BCUT2D eigenvalue weighted by molar-refractivity contribution is 0.436. The molecule has 0 N–H and O–H groups in total. The van der Waals surface area contributed by atoms with Crippen molar-refractivity contribution >= 4 is 28.3 Å². The van der Waals surface area contributed by atoms with Crippen molar-refractivity contribution in [2.45, 2.75) is 18.7 Å². The first-order chi connectivity index (χ1) is 10.8. The maximum absolute atomic E-state index is 8.84. The molecule has 0 bridgehead atoms. The third-order valence-electron chi connectivity index (χ3n) is 3.17. The Labute approximate surface area is 141 Å². The van der Waals surface area contributed by atoms with Gasteiger partial charge in [0.1, 0.15) is 4.32 Å². The number of hydrogen-bond acceptors (Lipinski definition) is 3. The van der Waals surface area contributed by atoms with Gasteiger partial charge in [-0.3, -0.25) is 0 Å². The lowest BCUT2D eigenvalue weighted by Gasteiger charge is -2.24. The van der Waals surface area contributed by atoms with Crippen LogP contribution >= 0.6 is 24.0 Å². The molecule has 0 saturated heterocycles. The second-order valence-electron chi connectivity index (χ2n) is 4.86. The molecule has 112 valence electrons. The Morgan fingerprint density at radius 1 is 1.00 bits per heavy atom. The Balaban J connectivity index is 1.95. The van der Waals surface area contributed by atoms with Crippen LogP contribution in [0.5, 0.6) is 0 Å². The van der Waals surface area contributed by atoms with E-state index in [-0.39, 0.29) is 0 Å². The van der Waals surface area contributed by atoms with Crippen LogP contribution in [0.25, 0.3) is 0 Å². The molecule has 2 rings (SSSR count). The second-order valence-corrected chi connectivity index (χ2v) is 6.46. The van der Waals surface area contributed by atoms with Crippen molar-refractivity contribution in [2.24, 2.45) is 0 Å². The van der Waals surface area contributed by atoms with E-state index in [9.17, 15) is 0 Å². The lowest BCUT2D eigenvalue weighted by atomic mass is 10.2. The van der Waals surface area contributed by atoms with Crippen LogP contribution in [0.1, 0.15) is 17.5 Å². The summed E-state index contributed by atoms with van der Waals surface area (Å²) in [6.45, 7) is 1.43. The molecule has 0 aliphatic rings. The van der Waals surface area contributed by atoms with Crippen molar-refractivity contribution in [1.29, 1.82) is 5.26 Å². The van der Waals surface area contributed by atoms with E-state index >= 15 is 0 Å². The maximum atomic E-state index is 8.84. The van der Waals surface area contributed by atoms with Crippen LogP contribution in [-0.4, -0.2) is 15.8 Å². The quantitative estimate of drug-likeness (QED) is 0.724. The standard InChI is InChI=1S/C18H18N2S2/c19-12-7-13-20(14-16-8-3-1-4-9-16)18(21)22-15-17-10-5-2-6-11-17/h1-6,8-11H,7,13-15H2. The minimum Gasteiger partial charge on any atom is -0.352 e. The van der Waals surface area contributed by atoms with Crippen molar-refractivity contribution in [2.75, 3.05) is 6.54 Å². The van der Waals surface area contributed by atoms with Crippen LogP contribution in [0.4, 0.5) is 0 Å². The van der Waals surface area contributed by atoms with Crippen LogP contribution in [0.15, 0.2) is 60.7 Å². The highest BCUT2D eigenvalue weighted by atomic mass is 32.2. The van der Waals surface area contributed by atoms with Gasteiger partial charge < -0.3 is 4.90 Å². The smallest absolute Gasteiger partial charge is 0.137 e. The first kappa shape index (κ1) is 16.5. The van der Waals surface area contributed by atoms with E-state index in [2.05, 4.69) is 35.2 Å². The first-order valence-electron chi connectivity index (χ1n) is 7.16. The van der Waals surface area contributed by atoms with Gasteiger partial charge in [0.05, 0.1) is 12.5 Å². The number of benzene rings is 2. The largest absolute Gasteiger partial charge is 0.352 e. The molecule has 0 unspecified atom stereocenters. The highest BCUT2D eigenvalue weighted by Crippen LogP contribution is 2.18. The molecule has 0 atom stereocenters. The molecule has 2 aromatic carbocycles. The van der Waals surface area contributed by atoms with Crippen LogP contribution in [-0.2, 0) is 12.3 Å². The summed E-state index contributed by atoms with van der Waals surface area (Å²) in [6.07, 6.45) is 0.485. The van der Waals surface area contributed by atoms with Gasteiger partial charge in [0.25, 0.3) is 0 Å². The monoisotopic (exact) mass is 326 g/mol. The minimum absolute atomic E-state index is 0.485. The molecule has 0 radical (unpaired) electrons. The summed E-state index contributed by atoms with van der Waals surface area (Å²) in [5.74, 6) is 0.859. The molecule has 0 amide bonds. The van der Waals surface area contributed by atoms with Gasteiger partial charge in [-0.05, 0) is 11.1 Å². The molecule has 2 nitrogen and oxygen atoms in total. The highest BCUT2D eigenvalue weighted by Gasteiger charge is 2.11. The minimum atomic E-state index is 0.485. The van der Waals surface area contributed by atoms with Gasteiger partial charge in [0, 0.05) is 18.8 Å². The molecule has 22 heavy (non-hydrogen) atoms. The lowest BCUT2D eigenvalue weighted by Crippen LogP contribution is -2.28. The average molecular weight is 326 g/mol. The molecular weight excluding hydrogens is 308 g/mol. The fourth-order valence-corrected chi connectivity index (χ4v) is 3.19. The van der Waals surface area contributed by atoms with Crippen molar-refractivity contribution in [1.82, 2.24) is 4.90 Å². The number of rotatable bonds is 6. The van der Waals surface area contributed by atoms with Gasteiger partial charge in [-0.25, -0.2) is 0 Å². The molecule has 0 heterocycles. The highest BCUT2D eigenvalue weighted by molar-refractivity contribution is 8.22. The molecule has 0 spiro atoms. The zero-order valence-corrected chi connectivity index (χ0v) is 13.9. The van der Waals surface area contributed by atoms with E-state index < -0.39 is 0 Å². The number of hydrogen-bond donors (Lipinski definition) is 0. The molecule has 2 aromatic rings. The van der Waals surface area contributed by atoms with Crippen molar-refractivity contribution in [3.8, 4) is 6.07 Å². The fourth-order valence-electron chi connectivity index (χ4n) is 2.03. The van der Waals surface area contributed by atoms with Gasteiger partial charge in [-0.1, -0.05) is 84.6 Å². The Morgan fingerprint density at radius 2 is 1.59 bits per heavy atom. The molecule has 4 heteroatoms. The maximum Gasteiger partial charge on any atom is 0.137 e. The van der Waals surface area contributed by atoms with E-state index in [1.165, 1.54) is 11.1 Å². The summed E-state index contributed by atoms with van der Waals surface area (Å²) in [5.41, 5.74) is 2.47. The number of thioether (sulfide) groups is 1. The molecule has 0 saturated carbocycles. The first-order valence-corrected chi connectivity index (χ1v) is 8.55. The summed E-state index contributed by atoms with van der Waals surface area (Å²) in [6, 6.07) is 22.7. The third-order valence-corrected chi connectivity index (χ3v) is 4.77. The van der Waals surface area contributed by atoms with Crippen LogP contribution in [0.3, 0.4) is 0 Å². The van der Waals surface area contributed by atoms with Crippen molar-refractivity contribution in [3.05, 3.63) is 71.8 Å². The Kier molecular flexibility index (Phi) is 6.95. The predicted octanol–water partition coefficient (Wildman–Crippen LogP) is 4.62. The second kappa shape index (κ2) is 9.24. The predicted molar refractivity (Wildman–Crippen MR) is 97.4 cm³/mol. The average Bonchev–Trinajstić information content (AvgIpc) is 2.58.